The Hall–Kier alpha value is -5.69. The summed E-state index contributed by atoms with van der Waals surface area (Å²) in [5, 5.41) is 32.7. The van der Waals surface area contributed by atoms with Gasteiger partial charge in [0, 0.05) is 12.2 Å². The van der Waals surface area contributed by atoms with Crippen LogP contribution >= 0.6 is 0 Å². The average Bonchev–Trinajstić information content (AvgIpc) is 3.90. The maximum absolute atomic E-state index is 13.8. The van der Waals surface area contributed by atoms with Crippen molar-refractivity contribution in [3.8, 4) is 0 Å². The van der Waals surface area contributed by atoms with Crippen molar-refractivity contribution in [3.63, 3.8) is 0 Å². The van der Waals surface area contributed by atoms with Gasteiger partial charge in [0.1, 0.15) is 23.9 Å². The van der Waals surface area contributed by atoms with Gasteiger partial charge in [-0.25, -0.2) is 19.0 Å². The standard InChI is InChI=1S/C28H30FN5O4.2C2HF3O2/c29-20-5-1-3-19(13-20)23(14-26(36)37)33-25(35)16-34-24(17-6-7-17)11-10-22(28(34)38)31-15-21-9-8-18-4-2-12-30-27(18)32-21;2*3-2(4,5)1(6)7/h1,3,5,8-11,13,17,23,31H,2,4,6-7,12,14-16H2,(H,30,32)(H,33,35)(H,36,37);2*(H,6,7)/t23-;;/m0../s1. The molecule has 1 saturated carbocycles. The Bertz CT molecular complexity index is 1800. The number of carboxylic acid groups (broad SMARTS) is 3. The van der Waals surface area contributed by atoms with Crippen LogP contribution in [0.5, 0.6) is 0 Å². The topological polar surface area (TPSA) is 200 Å². The summed E-state index contributed by atoms with van der Waals surface area (Å²) < 4.78 is 78.7. The van der Waals surface area contributed by atoms with Crippen molar-refractivity contribution in [3.05, 3.63) is 87.2 Å². The molecule has 2 aliphatic rings. The molecular formula is C32H32F7N5O8. The van der Waals surface area contributed by atoms with Gasteiger partial charge in [-0.1, -0.05) is 18.2 Å². The Morgan fingerprint density at radius 1 is 0.942 bits per heavy atom. The number of nitrogens with one attached hydrogen (secondary N) is 3. The molecule has 3 aromatic rings. The number of carbonyl (C=O) groups excluding carboxylic acids is 1. The zero-order chi connectivity index (χ0) is 38.8. The monoisotopic (exact) mass is 747 g/mol. The number of anilines is 2. The second-order valence-corrected chi connectivity index (χ2v) is 11.4. The highest BCUT2D eigenvalue weighted by Gasteiger charge is 2.39. The summed E-state index contributed by atoms with van der Waals surface area (Å²) in [5.41, 5.74) is 3.11. The zero-order valence-corrected chi connectivity index (χ0v) is 26.9. The summed E-state index contributed by atoms with van der Waals surface area (Å²) in [6.45, 7) is 0.963. The molecule has 5 rings (SSSR count). The highest BCUT2D eigenvalue weighted by molar-refractivity contribution is 5.78. The number of carboxylic acids is 3. The van der Waals surface area contributed by atoms with E-state index in [9.17, 15) is 50.2 Å². The number of aliphatic carboxylic acids is 3. The van der Waals surface area contributed by atoms with Crippen LogP contribution in [-0.2, 0) is 38.7 Å². The van der Waals surface area contributed by atoms with Crippen LogP contribution in [0.4, 0.5) is 42.2 Å². The maximum Gasteiger partial charge on any atom is 0.490 e. The fourth-order valence-electron chi connectivity index (χ4n) is 4.81. The van der Waals surface area contributed by atoms with E-state index in [2.05, 4.69) is 27.0 Å². The third-order valence-electron chi connectivity index (χ3n) is 7.37. The highest BCUT2D eigenvalue weighted by Crippen LogP contribution is 2.39. The molecule has 1 atom stereocenters. The van der Waals surface area contributed by atoms with Crippen LogP contribution in [0, 0.1) is 5.82 Å². The molecular weight excluding hydrogens is 715 g/mol. The van der Waals surface area contributed by atoms with E-state index < -0.39 is 54.4 Å². The minimum absolute atomic E-state index is 0.205. The summed E-state index contributed by atoms with van der Waals surface area (Å²) in [5.74, 6) is -6.61. The van der Waals surface area contributed by atoms with Gasteiger partial charge in [0.05, 0.1) is 24.7 Å². The van der Waals surface area contributed by atoms with Crippen molar-refractivity contribution in [1.29, 1.82) is 0 Å². The number of fused-ring (bicyclic) bond motifs is 1. The highest BCUT2D eigenvalue weighted by atomic mass is 19.4. The number of benzene rings is 1. The molecule has 0 unspecified atom stereocenters. The van der Waals surface area contributed by atoms with E-state index >= 15 is 0 Å². The first-order valence-electron chi connectivity index (χ1n) is 15.3. The fraction of sp³-hybridized carbons (Fsp3) is 0.375. The predicted molar refractivity (Wildman–Crippen MR) is 168 cm³/mol. The second-order valence-electron chi connectivity index (χ2n) is 11.4. The van der Waals surface area contributed by atoms with E-state index in [-0.39, 0.29) is 18.0 Å². The smallest absolute Gasteiger partial charge is 0.481 e. The van der Waals surface area contributed by atoms with Gasteiger partial charge in [-0.15, -0.1) is 0 Å². The first-order chi connectivity index (χ1) is 24.3. The van der Waals surface area contributed by atoms with Crippen molar-refractivity contribution < 1.29 is 65.2 Å². The third kappa shape index (κ3) is 12.6. The SMILES string of the molecule is O=C(O)C(F)(F)F.O=C(O)C(F)(F)F.O=C(O)C[C@H](NC(=O)Cn1c(C2CC2)ccc(NCc2ccc3c(n2)NCCC3)c1=O)c1cccc(F)c1. The van der Waals surface area contributed by atoms with Crippen molar-refractivity contribution in [2.75, 3.05) is 17.2 Å². The van der Waals surface area contributed by atoms with Crippen molar-refractivity contribution in [2.24, 2.45) is 0 Å². The number of nitrogens with zero attached hydrogens (tertiary/aromatic N) is 2. The number of hydrogen-bond donors (Lipinski definition) is 6. The lowest BCUT2D eigenvalue weighted by molar-refractivity contribution is -0.193. The summed E-state index contributed by atoms with van der Waals surface area (Å²) in [7, 11) is 0. The number of pyridine rings is 2. The predicted octanol–water partition coefficient (Wildman–Crippen LogP) is 4.83. The van der Waals surface area contributed by atoms with Crippen LogP contribution in [0.2, 0.25) is 0 Å². The van der Waals surface area contributed by atoms with E-state index in [1.54, 1.807) is 12.1 Å². The van der Waals surface area contributed by atoms with Gasteiger partial charge >= 0.3 is 30.3 Å². The van der Waals surface area contributed by atoms with Gasteiger partial charge in [0.15, 0.2) is 0 Å². The first-order valence-corrected chi connectivity index (χ1v) is 15.3. The minimum atomic E-state index is -5.08. The van der Waals surface area contributed by atoms with Gasteiger partial charge in [-0.05, 0) is 73.1 Å². The molecule has 1 aliphatic heterocycles. The van der Waals surface area contributed by atoms with E-state index in [0.29, 0.717) is 17.8 Å². The van der Waals surface area contributed by atoms with Crippen molar-refractivity contribution in [2.45, 2.75) is 69.5 Å². The van der Waals surface area contributed by atoms with E-state index in [1.807, 2.05) is 12.1 Å². The van der Waals surface area contributed by atoms with Crippen LogP contribution in [0.3, 0.4) is 0 Å². The van der Waals surface area contributed by atoms with Crippen molar-refractivity contribution in [1.82, 2.24) is 14.9 Å². The molecule has 3 heterocycles. The second kappa shape index (κ2) is 17.5. The molecule has 282 valence electrons. The van der Waals surface area contributed by atoms with E-state index in [0.717, 1.165) is 49.4 Å². The number of alkyl halides is 6. The molecule has 0 bridgehead atoms. The average molecular weight is 748 g/mol. The Labute approximate surface area is 289 Å². The molecule has 13 nitrogen and oxygen atoms in total. The molecule has 6 N–H and O–H groups in total. The number of aryl methyl sites for hydroxylation is 1. The van der Waals surface area contributed by atoms with E-state index in [1.165, 1.54) is 28.3 Å². The lowest BCUT2D eigenvalue weighted by Gasteiger charge is -2.20. The maximum atomic E-state index is 13.8. The van der Waals surface area contributed by atoms with Crippen LogP contribution in [0.15, 0.2) is 53.3 Å². The van der Waals surface area contributed by atoms with Gasteiger partial charge in [0.25, 0.3) is 5.56 Å². The first kappa shape index (κ1) is 40.7. The number of amides is 1. The van der Waals surface area contributed by atoms with Crippen LogP contribution in [0.1, 0.15) is 60.2 Å². The number of carbonyl (C=O) groups is 4. The summed E-state index contributed by atoms with van der Waals surface area (Å²) >= 11 is 0. The molecule has 1 fully saturated rings. The summed E-state index contributed by atoms with van der Waals surface area (Å²) in [6.07, 6.45) is -6.64. The molecule has 20 heteroatoms. The third-order valence-corrected chi connectivity index (χ3v) is 7.37. The van der Waals surface area contributed by atoms with Gasteiger partial charge in [-0.3, -0.25) is 14.4 Å². The van der Waals surface area contributed by atoms with Gasteiger partial charge < -0.3 is 35.8 Å². The largest absolute Gasteiger partial charge is 0.490 e. The minimum Gasteiger partial charge on any atom is -0.481 e. The number of rotatable bonds is 10. The molecule has 52 heavy (non-hydrogen) atoms. The van der Waals surface area contributed by atoms with Crippen LogP contribution in [-0.4, -0.2) is 67.6 Å². The molecule has 0 saturated heterocycles. The lowest BCUT2D eigenvalue weighted by Crippen LogP contribution is -2.37. The Morgan fingerprint density at radius 2 is 1.58 bits per heavy atom. The Kier molecular flexibility index (Phi) is 13.7. The van der Waals surface area contributed by atoms with Gasteiger partial charge in [-0.2, -0.15) is 26.3 Å². The molecule has 0 radical (unpaired) electrons. The van der Waals surface area contributed by atoms with E-state index in [4.69, 9.17) is 19.8 Å². The number of halogens is 7. The molecule has 1 aromatic carbocycles. The Morgan fingerprint density at radius 3 is 2.13 bits per heavy atom. The normalized spacial score (nSPS) is 14.1. The lowest BCUT2D eigenvalue weighted by atomic mass is 10.0. The Balaban J connectivity index is 0.000000441. The fourth-order valence-corrected chi connectivity index (χ4v) is 4.81. The number of aromatic nitrogens is 2. The molecule has 0 spiro atoms. The van der Waals surface area contributed by atoms with Crippen LogP contribution < -0.4 is 21.5 Å². The molecule has 1 aliphatic carbocycles. The van der Waals surface area contributed by atoms with Crippen LogP contribution in [0.25, 0.3) is 0 Å². The van der Waals surface area contributed by atoms with Crippen molar-refractivity contribution >= 4 is 35.3 Å². The summed E-state index contributed by atoms with van der Waals surface area (Å²) in [6, 6.07) is 12.1. The zero-order valence-electron chi connectivity index (χ0n) is 26.9. The number of hydrogen-bond acceptors (Lipinski definition) is 8. The summed E-state index contributed by atoms with van der Waals surface area (Å²) in [4.78, 5) is 60.3. The quantitative estimate of drug-likeness (QED) is 0.155. The molecule has 2 aromatic heterocycles. The van der Waals surface area contributed by atoms with Gasteiger partial charge in [0.2, 0.25) is 5.91 Å². The molecule has 1 amide bonds.